The maximum atomic E-state index is 5.87. The third-order valence-corrected chi connectivity index (χ3v) is 4.33. The largest absolute Gasteiger partial charge is 0.383 e. The van der Waals surface area contributed by atoms with Gasteiger partial charge in [-0.25, -0.2) is 4.98 Å². The number of aromatic nitrogens is 1. The number of hydrogen-bond acceptors (Lipinski definition) is 2. The fraction of sp³-hybridized carbons (Fsp3) is 0.583. The van der Waals surface area contributed by atoms with Crippen LogP contribution < -0.4 is 5.73 Å². The normalized spacial score (nSPS) is 17.7. The highest BCUT2D eigenvalue weighted by Crippen LogP contribution is 2.38. The number of halogens is 1. The molecule has 1 aromatic rings. The van der Waals surface area contributed by atoms with Crippen molar-refractivity contribution in [3.63, 3.8) is 0 Å². The van der Waals surface area contributed by atoms with Gasteiger partial charge in [0.1, 0.15) is 5.82 Å². The molecule has 0 amide bonds. The lowest BCUT2D eigenvalue weighted by atomic mass is 10.0. The third-order valence-electron chi connectivity index (χ3n) is 3.13. The highest BCUT2D eigenvalue weighted by molar-refractivity contribution is 9.09. The van der Waals surface area contributed by atoms with Crippen molar-refractivity contribution in [3.8, 4) is 0 Å². The summed E-state index contributed by atoms with van der Waals surface area (Å²) in [5.74, 6) is 1.61. The molecule has 2 N–H and O–H groups in total. The first kappa shape index (κ1) is 10.9. The van der Waals surface area contributed by atoms with Crippen LogP contribution in [-0.4, -0.2) is 9.81 Å². The zero-order valence-electron chi connectivity index (χ0n) is 9.04. The first-order valence-electron chi connectivity index (χ1n) is 5.52. The molecule has 0 bridgehead atoms. The van der Waals surface area contributed by atoms with E-state index < -0.39 is 0 Å². The van der Waals surface area contributed by atoms with E-state index in [1.807, 2.05) is 6.07 Å². The van der Waals surface area contributed by atoms with E-state index in [0.717, 1.165) is 12.3 Å². The molecule has 0 aliphatic heterocycles. The Labute approximate surface area is 99.4 Å². The van der Waals surface area contributed by atoms with Gasteiger partial charge in [0.05, 0.1) is 0 Å². The van der Waals surface area contributed by atoms with Crippen molar-refractivity contribution in [1.82, 2.24) is 4.98 Å². The van der Waals surface area contributed by atoms with E-state index in [1.165, 1.54) is 30.4 Å². The molecule has 0 aromatic carbocycles. The summed E-state index contributed by atoms with van der Waals surface area (Å²) in [6.45, 7) is 2.10. The topological polar surface area (TPSA) is 38.9 Å². The minimum absolute atomic E-state index is 0.663. The summed E-state index contributed by atoms with van der Waals surface area (Å²) >= 11 is 3.75. The predicted octanol–water partition coefficient (Wildman–Crippen LogP) is 3.08. The number of pyridine rings is 1. The quantitative estimate of drug-likeness (QED) is 0.853. The smallest absolute Gasteiger partial charge is 0.126 e. The van der Waals surface area contributed by atoms with Crippen LogP contribution in [-0.2, 0) is 6.42 Å². The van der Waals surface area contributed by atoms with E-state index in [2.05, 4.69) is 27.8 Å². The number of aryl methyl sites for hydroxylation is 1. The van der Waals surface area contributed by atoms with Crippen LogP contribution in [0.15, 0.2) is 12.3 Å². The Morgan fingerprint density at radius 3 is 2.93 bits per heavy atom. The van der Waals surface area contributed by atoms with Gasteiger partial charge in [-0.3, -0.25) is 0 Å². The monoisotopic (exact) mass is 268 g/mol. The molecule has 2 nitrogen and oxygen atoms in total. The van der Waals surface area contributed by atoms with Gasteiger partial charge < -0.3 is 5.73 Å². The second-order valence-electron chi connectivity index (χ2n) is 4.38. The van der Waals surface area contributed by atoms with Gasteiger partial charge in [-0.2, -0.15) is 0 Å². The van der Waals surface area contributed by atoms with Crippen LogP contribution in [0, 0.1) is 12.8 Å². The second kappa shape index (κ2) is 4.52. The molecule has 1 heterocycles. The Morgan fingerprint density at radius 2 is 2.33 bits per heavy atom. The van der Waals surface area contributed by atoms with Crippen LogP contribution >= 0.6 is 15.9 Å². The number of nitrogen functional groups attached to an aromatic ring is 1. The zero-order chi connectivity index (χ0) is 10.8. The predicted molar refractivity (Wildman–Crippen MR) is 67.1 cm³/mol. The lowest BCUT2D eigenvalue weighted by Gasteiger charge is -2.11. The lowest BCUT2D eigenvalue weighted by molar-refractivity contribution is 0.694. The summed E-state index contributed by atoms with van der Waals surface area (Å²) in [6.07, 6.45) is 6.76. The molecule has 82 valence electrons. The summed E-state index contributed by atoms with van der Waals surface area (Å²) in [7, 11) is 0. The molecule has 1 aliphatic carbocycles. The van der Waals surface area contributed by atoms with Gasteiger partial charge in [-0.15, -0.1) is 0 Å². The minimum atomic E-state index is 0.663. The average molecular weight is 269 g/mol. The van der Waals surface area contributed by atoms with Crippen LogP contribution in [0.4, 0.5) is 5.82 Å². The van der Waals surface area contributed by atoms with E-state index in [4.69, 9.17) is 5.73 Å². The molecule has 1 aromatic heterocycles. The minimum Gasteiger partial charge on any atom is -0.383 e. The van der Waals surface area contributed by atoms with Crippen LogP contribution in [0.25, 0.3) is 0 Å². The van der Waals surface area contributed by atoms with Gasteiger partial charge in [0.15, 0.2) is 0 Å². The van der Waals surface area contributed by atoms with Crippen LogP contribution in [0.1, 0.15) is 30.4 Å². The number of nitrogens with zero attached hydrogens (tertiary/aromatic N) is 1. The molecular formula is C12H17BrN2. The van der Waals surface area contributed by atoms with Crippen molar-refractivity contribution in [1.29, 1.82) is 0 Å². The Hall–Kier alpha value is -0.570. The molecule has 0 spiro atoms. The number of hydrogen-bond donors (Lipinski definition) is 1. The molecule has 1 saturated carbocycles. The standard InChI is InChI=1S/C12H17BrN2/c1-8-6-7-15-12(14)10(8)4-5-11(13)9-2-3-9/h6-7,9,11H,2-5H2,1H3,(H2,14,15). The van der Waals surface area contributed by atoms with Gasteiger partial charge in [-0.05, 0) is 55.7 Å². The highest BCUT2D eigenvalue weighted by Gasteiger charge is 2.28. The van der Waals surface area contributed by atoms with E-state index in [-0.39, 0.29) is 0 Å². The van der Waals surface area contributed by atoms with Crippen molar-refractivity contribution < 1.29 is 0 Å². The first-order chi connectivity index (χ1) is 7.18. The lowest BCUT2D eigenvalue weighted by Crippen LogP contribution is -2.06. The highest BCUT2D eigenvalue weighted by atomic mass is 79.9. The van der Waals surface area contributed by atoms with Gasteiger partial charge in [0.2, 0.25) is 0 Å². The maximum Gasteiger partial charge on any atom is 0.126 e. The molecule has 1 aliphatic rings. The molecule has 1 unspecified atom stereocenters. The van der Waals surface area contributed by atoms with Crippen molar-refractivity contribution in [2.45, 2.75) is 37.4 Å². The molecular weight excluding hydrogens is 252 g/mol. The fourth-order valence-electron chi connectivity index (χ4n) is 1.91. The zero-order valence-corrected chi connectivity index (χ0v) is 10.6. The van der Waals surface area contributed by atoms with E-state index >= 15 is 0 Å². The van der Waals surface area contributed by atoms with E-state index in [0.29, 0.717) is 10.6 Å². The van der Waals surface area contributed by atoms with Crippen LogP contribution in [0.2, 0.25) is 0 Å². The first-order valence-corrected chi connectivity index (χ1v) is 6.44. The van der Waals surface area contributed by atoms with Gasteiger partial charge in [-0.1, -0.05) is 15.9 Å². The third kappa shape index (κ3) is 2.71. The van der Waals surface area contributed by atoms with Gasteiger partial charge in [0, 0.05) is 11.0 Å². The number of anilines is 1. The van der Waals surface area contributed by atoms with Crippen molar-refractivity contribution in [2.75, 3.05) is 5.73 Å². The summed E-state index contributed by atoms with van der Waals surface area (Å²) in [6, 6.07) is 2.03. The summed E-state index contributed by atoms with van der Waals surface area (Å²) < 4.78 is 0. The molecule has 2 rings (SSSR count). The summed E-state index contributed by atoms with van der Waals surface area (Å²) in [4.78, 5) is 4.80. The Bertz CT molecular complexity index is 327. The van der Waals surface area contributed by atoms with Gasteiger partial charge in [0.25, 0.3) is 0 Å². The molecule has 1 fully saturated rings. The summed E-state index contributed by atoms with van der Waals surface area (Å²) in [5, 5.41) is 0. The van der Waals surface area contributed by atoms with Crippen LogP contribution in [0.5, 0.6) is 0 Å². The summed E-state index contributed by atoms with van der Waals surface area (Å²) in [5.41, 5.74) is 8.36. The molecule has 3 heteroatoms. The Balaban J connectivity index is 1.97. The second-order valence-corrected chi connectivity index (χ2v) is 5.56. The average Bonchev–Trinajstić information content (AvgIpc) is 2.99. The van der Waals surface area contributed by atoms with E-state index in [9.17, 15) is 0 Å². The Kier molecular flexibility index (Phi) is 3.29. The molecule has 1 atom stereocenters. The molecule has 0 radical (unpaired) electrons. The van der Waals surface area contributed by atoms with E-state index in [1.54, 1.807) is 6.20 Å². The SMILES string of the molecule is Cc1ccnc(N)c1CCC(Br)C1CC1. The number of alkyl halides is 1. The fourth-order valence-corrected chi connectivity index (χ4v) is 2.67. The van der Waals surface area contributed by atoms with Gasteiger partial charge >= 0.3 is 0 Å². The number of nitrogens with two attached hydrogens (primary N) is 1. The maximum absolute atomic E-state index is 5.87. The number of rotatable bonds is 4. The van der Waals surface area contributed by atoms with Crippen LogP contribution in [0.3, 0.4) is 0 Å². The molecule has 15 heavy (non-hydrogen) atoms. The van der Waals surface area contributed by atoms with Crippen molar-refractivity contribution in [3.05, 3.63) is 23.4 Å². The molecule has 0 saturated heterocycles. The van der Waals surface area contributed by atoms with Crippen molar-refractivity contribution in [2.24, 2.45) is 5.92 Å². The Morgan fingerprint density at radius 1 is 1.60 bits per heavy atom. The van der Waals surface area contributed by atoms with Crippen molar-refractivity contribution >= 4 is 21.7 Å².